The Morgan fingerprint density at radius 2 is 2.06 bits per heavy atom. The molecule has 1 aliphatic carbocycles. The van der Waals surface area contributed by atoms with Gasteiger partial charge >= 0.3 is 6.18 Å². The van der Waals surface area contributed by atoms with Crippen LogP contribution in [0, 0.1) is 11.8 Å². The van der Waals surface area contributed by atoms with Crippen LogP contribution in [0.15, 0.2) is 12.4 Å². The Hall–Kier alpha value is -1.33. The number of nitrogens with zero attached hydrogens (tertiary/aromatic N) is 2. The van der Waals surface area contributed by atoms with Gasteiger partial charge in [0.15, 0.2) is 5.69 Å². The molecule has 0 aromatic carbocycles. The van der Waals surface area contributed by atoms with E-state index in [1.165, 1.54) is 19.3 Å². The van der Waals surface area contributed by atoms with E-state index in [1.54, 1.807) is 0 Å². The summed E-state index contributed by atoms with van der Waals surface area (Å²) < 4.78 is 36.8. The first-order valence-corrected chi connectivity index (χ1v) is 6.10. The summed E-state index contributed by atoms with van der Waals surface area (Å²) in [6.07, 6.45) is 1.10. The predicted molar refractivity (Wildman–Crippen MR) is 62.0 cm³/mol. The zero-order valence-corrected chi connectivity index (χ0v) is 10.2. The first kappa shape index (κ1) is 13.1. The van der Waals surface area contributed by atoms with E-state index in [0.717, 1.165) is 18.9 Å². The van der Waals surface area contributed by atoms with Gasteiger partial charge in [-0.15, -0.1) is 0 Å². The Morgan fingerprint density at radius 1 is 1.28 bits per heavy atom. The fourth-order valence-electron chi connectivity index (χ4n) is 2.33. The molecule has 1 aliphatic rings. The van der Waals surface area contributed by atoms with Crippen molar-refractivity contribution in [2.75, 3.05) is 11.9 Å². The minimum atomic E-state index is -4.43. The van der Waals surface area contributed by atoms with E-state index in [-0.39, 0.29) is 0 Å². The smallest absolute Gasteiger partial charge is 0.369 e. The molecule has 6 heteroatoms. The molecule has 1 fully saturated rings. The molecule has 2 rings (SSSR count). The largest absolute Gasteiger partial charge is 0.434 e. The zero-order chi connectivity index (χ0) is 13.2. The highest BCUT2D eigenvalue weighted by atomic mass is 19.4. The van der Waals surface area contributed by atoms with Crippen LogP contribution >= 0.6 is 0 Å². The van der Waals surface area contributed by atoms with E-state index in [4.69, 9.17) is 0 Å². The first-order valence-electron chi connectivity index (χ1n) is 6.10. The van der Waals surface area contributed by atoms with Gasteiger partial charge in [-0.1, -0.05) is 19.8 Å². The van der Waals surface area contributed by atoms with Crippen molar-refractivity contribution in [1.29, 1.82) is 0 Å². The van der Waals surface area contributed by atoms with E-state index >= 15 is 0 Å². The monoisotopic (exact) mass is 259 g/mol. The van der Waals surface area contributed by atoms with Crippen LogP contribution in [0.25, 0.3) is 0 Å². The van der Waals surface area contributed by atoms with E-state index < -0.39 is 11.9 Å². The summed E-state index contributed by atoms with van der Waals surface area (Å²) in [6.45, 7) is 2.96. The lowest BCUT2D eigenvalue weighted by atomic mass is 9.98. The normalized spacial score (nSPS) is 24.2. The topological polar surface area (TPSA) is 37.8 Å². The van der Waals surface area contributed by atoms with Gasteiger partial charge in [0.05, 0.1) is 12.4 Å². The minimum absolute atomic E-state index is 0.405. The maximum atomic E-state index is 12.3. The van der Waals surface area contributed by atoms with Gasteiger partial charge in [-0.05, 0) is 18.3 Å². The van der Waals surface area contributed by atoms with Gasteiger partial charge in [-0.3, -0.25) is 0 Å². The number of rotatable bonds is 3. The third kappa shape index (κ3) is 3.11. The third-order valence-electron chi connectivity index (χ3n) is 3.53. The lowest BCUT2D eigenvalue weighted by Crippen LogP contribution is -2.17. The maximum Gasteiger partial charge on any atom is 0.434 e. The molecule has 1 aromatic heterocycles. The van der Waals surface area contributed by atoms with Crippen LogP contribution in [0.1, 0.15) is 31.9 Å². The molecular weight excluding hydrogens is 243 g/mol. The molecule has 0 amide bonds. The molecule has 1 N–H and O–H groups in total. The van der Waals surface area contributed by atoms with Crippen molar-refractivity contribution in [2.45, 2.75) is 32.4 Å². The Morgan fingerprint density at radius 3 is 2.56 bits per heavy atom. The Labute approximate surface area is 104 Å². The Balaban J connectivity index is 1.90. The fourth-order valence-corrected chi connectivity index (χ4v) is 2.33. The molecule has 2 unspecified atom stereocenters. The highest BCUT2D eigenvalue weighted by Crippen LogP contribution is 2.31. The summed E-state index contributed by atoms with van der Waals surface area (Å²) in [7, 11) is 0. The molecule has 0 saturated heterocycles. The summed E-state index contributed by atoms with van der Waals surface area (Å²) in [5.74, 6) is 1.65. The molecule has 3 nitrogen and oxygen atoms in total. The SMILES string of the molecule is CC1CCCC1CNc1cnc(C(F)(F)F)cn1. The van der Waals surface area contributed by atoms with E-state index in [1.807, 2.05) is 0 Å². The number of nitrogens with one attached hydrogen (secondary N) is 1. The molecule has 18 heavy (non-hydrogen) atoms. The van der Waals surface area contributed by atoms with Gasteiger partial charge in [0.25, 0.3) is 0 Å². The van der Waals surface area contributed by atoms with Gasteiger partial charge < -0.3 is 5.32 Å². The van der Waals surface area contributed by atoms with Crippen LogP contribution in [-0.4, -0.2) is 16.5 Å². The lowest BCUT2D eigenvalue weighted by Gasteiger charge is -2.16. The lowest BCUT2D eigenvalue weighted by molar-refractivity contribution is -0.141. The first-order chi connectivity index (χ1) is 8.47. The highest BCUT2D eigenvalue weighted by Gasteiger charge is 2.32. The quantitative estimate of drug-likeness (QED) is 0.904. The van der Waals surface area contributed by atoms with Crippen molar-refractivity contribution in [1.82, 2.24) is 9.97 Å². The molecule has 1 heterocycles. The maximum absolute atomic E-state index is 12.3. The van der Waals surface area contributed by atoms with Gasteiger partial charge in [0.2, 0.25) is 0 Å². The van der Waals surface area contributed by atoms with Crippen molar-refractivity contribution in [2.24, 2.45) is 11.8 Å². The van der Waals surface area contributed by atoms with Crippen molar-refractivity contribution >= 4 is 5.82 Å². The highest BCUT2D eigenvalue weighted by molar-refractivity contribution is 5.31. The molecule has 1 saturated carbocycles. The van der Waals surface area contributed by atoms with Gasteiger partial charge in [-0.25, -0.2) is 9.97 Å². The molecule has 2 atom stereocenters. The van der Waals surface area contributed by atoms with Crippen LogP contribution < -0.4 is 5.32 Å². The number of alkyl halides is 3. The number of halogens is 3. The second-order valence-electron chi connectivity index (χ2n) is 4.83. The number of hydrogen-bond acceptors (Lipinski definition) is 3. The summed E-state index contributed by atoms with van der Waals surface area (Å²) in [4.78, 5) is 7.10. The van der Waals surface area contributed by atoms with E-state index in [9.17, 15) is 13.2 Å². The minimum Gasteiger partial charge on any atom is -0.369 e. The number of aromatic nitrogens is 2. The van der Waals surface area contributed by atoms with Crippen LogP contribution in [0.5, 0.6) is 0 Å². The van der Waals surface area contributed by atoms with Gasteiger partial charge in [0.1, 0.15) is 5.82 Å². The second kappa shape index (κ2) is 5.12. The Bertz CT molecular complexity index is 389. The Kier molecular flexibility index (Phi) is 3.73. The van der Waals surface area contributed by atoms with Crippen molar-refractivity contribution in [3.8, 4) is 0 Å². The van der Waals surface area contributed by atoms with Crippen LogP contribution in [0.2, 0.25) is 0 Å². The van der Waals surface area contributed by atoms with E-state index in [2.05, 4.69) is 22.2 Å². The number of hydrogen-bond donors (Lipinski definition) is 1. The van der Waals surface area contributed by atoms with E-state index in [0.29, 0.717) is 17.7 Å². The average molecular weight is 259 g/mol. The molecule has 0 radical (unpaired) electrons. The summed E-state index contributed by atoms with van der Waals surface area (Å²) in [5.41, 5.74) is -0.956. The summed E-state index contributed by atoms with van der Waals surface area (Å²) >= 11 is 0. The zero-order valence-electron chi connectivity index (χ0n) is 10.2. The second-order valence-corrected chi connectivity index (χ2v) is 4.83. The van der Waals surface area contributed by atoms with Crippen LogP contribution in [0.4, 0.5) is 19.0 Å². The van der Waals surface area contributed by atoms with Crippen molar-refractivity contribution in [3.05, 3.63) is 18.1 Å². The summed E-state index contributed by atoms with van der Waals surface area (Å²) in [5, 5.41) is 3.05. The molecule has 1 aromatic rings. The molecule has 0 spiro atoms. The average Bonchev–Trinajstić information content (AvgIpc) is 2.72. The van der Waals surface area contributed by atoms with Gasteiger partial charge in [0, 0.05) is 6.54 Å². The van der Waals surface area contributed by atoms with Crippen LogP contribution in [0.3, 0.4) is 0 Å². The molecule has 0 aliphatic heterocycles. The molecular formula is C12H16F3N3. The fraction of sp³-hybridized carbons (Fsp3) is 0.667. The third-order valence-corrected chi connectivity index (χ3v) is 3.53. The van der Waals surface area contributed by atoms with Crippen molar-refractivity contribution < 1.29 is 13.2 Å². The molecule has 0 bridgehead atoms. The summed E-state index contributed by atoms with van der Waals surface area (Å²) in [6, 6.07) is 0. The standard InChI is InChI=1S/C12H16F3N3/c1-8-3-2-4-9(8)5-17-11-7-16-10(6-18-11)12(13,14)15/h6-9H,2-5H2,1H3,(H,17,18). The van der Waals surface area contributed by atoms with Crippen molar-refractivity contribution in [3.63, 3.8) is 0 Å². The predicted octanol–water partition coefficient (Wildman–Crippen LogP) is 3.34. The van der Waals surface area contributed by atoms with Gasteiger partial charge in [-0.2, -0.15) is 13.2 Å². The molecule has 100 valence electrons. The number of anilines is 1. The van der Waals surface area contributed by atoms with Crippen LogP contribution in [-0.2, 0) is 6.18 Å².